The second kappa shape index (κ2) is 4.79. The highest BCUT2D eigenvalue weighted by atomic mass is 16.5. The number of hydrogen-bond acceptors (Lipinski definition) is 3. The quantitative estimate of drug-likeness (QED) is 0.792. The van der Waals surface area contributed by atoms with E-state index in [0.29, 0.717) is 11.3 Å². The molecule has 0 amide bonds. The van der Waals surface area contributed by atoms with E-state index in [-0.39, 0.29) is 0 Å². The predicted molar refractivity (Wildman–Crippen MR) is 54.8 cm³/mol. The summed E-state index contributed by atoms with van der Waals surface area (Å²) in [6, 6.07) is 6.84. The Labute approximate surface area is 88.1 Å². The standard InChI is InChI=1S/C11H14O4/c1-7(12)9-5-3-4-6-10(9)15-8(2)11(13)14/h3-8,12H,1-2H3,(H,13,14). The van der Waals surface area contributed by atoms with Crippen LogP contribution < -0.4 is 4.74 Å². The Morgan fingerprint density at radius 2 is 1.93 bits per heavy atom. The zero-order valence-electron chi connectivity index (χ0n) is 8.68. The van der Waals surface area contributed by atoms with Crippen LogP contribution in [0.4, 0.5) is 0 Å². The molecule has 4 heteroatoms. The number of rotatable bonds is 4. The fourth-order valence-electron chi connectivity index (χ4n) is 1.17. The second-order valence-electron chi connectivity index (χ2n) is 3.31. The largest absolute Gasteiger partial charge is 0.479 e. The summed E-state index contributed by atoms with van der Waals surface area (Å²) < 4.78 is 5.21. The van der Waals surface area contributed by atoms with Crippen LogP contribution in [0, 0.1) is 0 Å². The van der Waals surface area contributed by atoms with Crippen LogP contribution >= 0.6 is 0 Å². The molecule has 0 aliphatic heterocycles. The molecule has 1 aromatic rings. The summed E-state index contributed by atoms with van der Waals surface area (Å²) in [6.45, 7) is 3.05. The summed E-state index contributed by atoms with van der Waals surface area (Å²) in [5.41, 5.74) is 0.589. The Morgan fingerprint density at radius 1 is 1.33 bits per heavy atom. The van der Waals surface area contributed by atoms with Crippen LogP contribution in [0.2, 0.25) is 0 Å². The summed E-state index contributed by atoms with van der Waals surface area (Å²) in [4.78, 5) is 10.6. The van der Waals surface area contributed by atoms with Crippen molar-refractivity contribution >= 4 is 5.97 Å². The van der Waals surface area contributed by atoms with E-state index < -0.39 is 18.2 Å². The van der Waals surface area contributed by atoms with Gasteiger partial charge in [0.1, 0.15) is 5.75 Å². The van der Waals surface area contributed by atoms with Crippen molar-refractivity contribution in [3.63, 3.8) is 0 Å². The Balaban J connectivity index is 2.89. The van der Waals surface area contributed by atoms with Crippen LogP contribution in [0.3, 0.4) is 0 Å². The van der Waals surface area contributed by atoms with Gasteiger partial charge in [-0.15, -0.1) is 0 Å². The molecule has 15 heavy (non-hydrogen) atoms. The first-order chi connectivity index (χ1) is 7.02. The van der Waals surface area contributed by atoms with E-state index in [4.69, 9.17) is 9.84 Å². The summed E-state index contributed by atoms with van der Waals surface area (Å²) in [5, 5.41) is 18.1. The monoisotopic (exact) mass is 210 g/mol. The number of hydrogen-bond donors (Lipinski definition) is 2. The number of carbonyl (C=O) groups is 1. The van der Waals surface area contributed by atoms with Gasteiger partial charge in [0, 0.05) is 5.56 Å². The summed E-state index contributed by atoms with van der Waals surface area (Å²) in [7, 11) is 0. The van der Waals surface area contributed by atoms with E-state index in [1.807, 2.05) is 0 Å². The third kappa shape index (κ3) is 2.95. The maximum atomic E-state index is 10.6. The van der Waals surface area contributed by atoms with Gasteiger partial charge in [0.2, 0.25) is 0 Å². The number of para-hydroxylation sites is 1. The van der Waals surface area contributed by atoms with E-state index in [1.165, 1.54) is 6.92 Å². The molecular weight excluding hydrogens is 196 g/mol. The molecule has 0 radical (unpaired) electrons. The minimum absolute atomic E-state index is 0.405. The number of ether oxygens (including phenoxy) is 1. The maximum absolute atomic E-state index is 10.6. The lowest BCUT2D eigenvalue weighted by molar-refractivity contribution is -0.144. The third-order valence-corrected chi connectivity index (χ3v) is 2.02. The SMILES string of the molecule is CC(Oc1ccccc1C(C)O)C(=O)O. The predicted octanol–water partition coefficient (Wildman–Crippen LogP) is 1.59. The van der Waals surface area contributed by atoms with E-state index in [2.05, 4.69) is 0 Å². The van der Waals surface area contributed by atoms with Gasteiger partial charge in [-0.25, -0.2) is 4.79 Å². The first kappa shape index (κ1) is 11.5. The van der Waals surface area contributed by atoms with Gasteiger partial charge in [-0.3, -0.25) is 0 Å². The highest BCUT2D eigenvalue weighted by Gasteiger charge is 2.15. The molecule has 1 rings (SSSR count). The van der Waals surface area contributed by atoms with Crippen LogP contribution in [0.5, 0.6) is 5.75 Å². The van der Waals surface area contributed by atoms with E-state index >= 15 is 0 Å². The molecule has 0 spiro atoms. The molecule has 2 N–H and O–H groups in total. The molecule has 82 valence electrons. The minimum atomic E-state index is -1.03. The number of aliphatic hydroxyl groups is 1. The van der Waals surface area contributed by atoms with Crippen LogP contribution in [0.15, 0.2) is 24.3 Å². The number of aliphatic hydroxyl groups excluding tert-OH is 1. The molecule has 0 aromatic heterocycles. The van der Waals surface area contributed by atoms with Gasteiger partial charge in [-0.1, -0.05) is 18.2 Å². The van der Waals surface area contributed by atoms with Crippen molar-refractivity contribution in [3.05, 3.63) is 29.8 Å². The molecule has 0 saturated heterocycles. The van der Waals surface area contributed by atoms with E-state index in [9.17, 15) is 9.90 Å². The molecule has 0 aliphatic rings. The van der Waals surface area contributed by atoms with Crippen molar-refractivity contribution in [3.8, 4) is 5.75 Å². The van der Waals surface area contributed by atoms with Gasteiger partial charge >= 0.3 is 5.97 Å². The summed E-state index contributed by atoms with van der Waals surface area (Å²) >= 11 is 0. The molecule has 0 bridgehead atoms. The van der Waals surface area contributed by atoms with Crippen molar-refractivity contribution < 1.29 is 19.7 Å². The normalized spacial score (nSPS) is 14.3. The van der Waals surface area contributed by atoms with Crippen molar-refractivity contribution in [1.82, 2.24) is 0 Å². The summed E-state index contributed by atoms with van der Waals surface area (Å²) in [5.74, 6) is -0.627. The van der Waals surface area contributed by atoms with Gasteiger partial charge in [-0.2, -0.15) is 0 Å². The first-order valence-electron chi connectivity index (χ1n) is 4.69. The topological polar surface area (TPSA) is 66.8 Å². The zero-order valence-corrected chi connectivity index (χ0v) is 8.68. The number of carboxylic acids is 1. The van der Waals surface area contributed by atoms with Crippen molar-refractivity contribution in [2.45, 2.75) is 26.1 Å². The average molecular weight is 210 g/mol. The fraction of sp³-hybridized carbons (Fsp3) is 0.364. The van der Waals surface area contributed by atoms with Crippen molar-refractivity contribution in [2.24, 2.45) is 0 Å². The van der Waals surface area contributed by atoms with E-state index in [0.717, 1.165) is 0 Å². The van der Waals surface area contributed by atoms with Gasteiger partial charge in [0.15, 0.2) is 6.10 Å². The minimum Gasteiger partial charge on any atom is -0.479 e. The molecule has 0 fully saturated rings. The summed E-state index contributed by atoms with van der Waals surface area (Å²) in [6.07, 6.45) is -1.60. The average Bonchev–Trinajstić information content (AvgIpc) is 2.18. The number of aliphatic carboxylic acids is 1. The maximum Gasteiger partial charge on any atom is 0.344 e. The van der Waals surface area contributed by atoms with Crippen LogP contribution in [0.1, 0.15) is 25.5 Å². The van der Waals surface area contributed by atoms with Crippen molar-refractivity contribution in [1.29, 1.82) is 0 Å². The van der Waals surface area contributed by atoms with Gasteiger partial charge in [0.25, 0.3) is 0 Å². The Bertz CT molecular complexity index is 346. The van der Waals surface area contributed by atoms with Crippen molar-refractivity contribution in [2.75, 3.05) is 0 Å². The van der Waals surface area contributed by atoms with Crippen LogP contribution in [-0.2, 0) is 4.79 Å². The molecule has 4 nitrogen and oxygen atoms in total. The highest BCUT2D eigenvalue weighted by Crippen LogP contribution is 2.25. The highest BCUT2D eigenvalue weighted by molar-refractivity contribution is 5.72. The first-order valence-corrected chi connectivity index (χ1v) is 4.69. The molecule has 0 heterocycles. The molecule has 2 unspecified atom stereocenters. The number of carboxylic acid groups (broad SMARTS) is 1. The smallest absolute Gasteiger partial charge is 0.344 e. The van der Waals surface area contributed by atoms with Gasteiger partial charge < -0.3 is 14.9 Å². The Morgan fingerprint density at radius 3 is 2.47 bits per heavy atom. The van der Waals surface area contributed by atoms with Crippen LogP contribution in [0.25, 0.3) is 0 Å². The lowest BCUT2D eigenvalue weighted by Gasteiger charge is -2.15. The molecular formula is C11H14O4. The molecule has 0 aliphatic carbocycles. The molecule has 0 saturated carbocycles. The zero-order chi connectivity index (χ0) is 11.4. The van der Waals surface area contributed by atoms with E-state index in [1.54, 1.807) is 31.2 Å². The molecule has 1 aromatic carbocycles. The van der Waals surface area contributed by atoms with Gasteiger partial charge in [-0.05, 0) is 19.9 Å². The second-order valence-corrected chi connectivity index (χ2v) is 3.31. The Kier molecular flexibility index (Phi) is 3.68. The fourth-order valence-corrected chi connectivity index (χ4v) is 1.17. The Hall–Kier alpha value is -1.55. The van der Waals surface area contributed by atoms with Gasteiger partial charge in [0.05, 0.1) is 6.10 Å². The number of benzene rings is 1. The third-order valence-electron chi connectivity index (χ3n) is 2.02. The molecule has 2 atom stereocenters. The van der Waals surface area contributed by atoms with Crippen LogP contribution in [-0.4, -0.2) is 22.3 Å². The lowest BCUT2D eigenvalue weighted by atomic mass is 10.1. The lowest BCUT2D eigenvalue weighted by Crippen LogP contribution is -2.23.